The molecule has 0 aromatic heterocycles. The monoisotopic (exact) mass is 223 g/mol. The molecule has 0 radical (unpaired) electrons. The van der Waals surface area contributed by atoms with E-state index >= 15 is 0 Å². The Morgan fingerprint density at radius 1 is 1.44 bits per heavy atom. The van der Waals surface area contributed by atoms with Gasteiger partial charge in [-0.2, -0.15) is 0 Å². The van der Waals surface area contributed by atoms with Crippen LogP contribution in [-0.4, -0.2) is 16.0 Å². The van der Waals surface area contributed by atoms with Crippen molar-refractivity contribution >= 4 is 11.7 Å². The van der Waals surface area contributed by atoms with Crippen LogP contribution >= 0.6 is 0 Å². The van der Waals surface area contributed by atoms with Gasteiger partial charge in [0.05, 0.1) is 4.92 Å². The molecule has 1 rings (SSSR count). The number of non-ortho nitro benzene ring substituents is 1. The van der Waals surface area contributed by atoms with Gasteiger partial charge in [-0.3, -0.25) is 10.1 Å². The minimum absolute atomic E-state index is 0.0790. The lowest BCUT2D eigenvalue weighted by atomic mass is 10.3. The molecule has 0 atom stereocenters. The van der Waals surface area contributed by atoms with Crippen LogP contribution in [0.25, 0.3) is 0 Å². The molecule has 16 heavy (non-hydrogen) atoms. The van der Waals surface area contributed by atoms with Crippen molar-refractivity contribution in [2.75, 3.05) is 0 Å². The number of benzene rings is 1. The Bertz CT molecular complexity index is 435. The van der Waals surface area contributed by atoms with Gasteiger partial charge in [-0.1, -0.05) is 0 Å². The summed E-state index contributed by atoms with van der Waals surface area (Å²) in [6.07, 6.45) is 1.30. The van der Waals surface area contributed by atoms with Crippen molar-refractivity contribution in [3.8, 4) is 5.75 Å². The molecule has 0 saturated carbocycles. The van der Waals surface area contributed by atoms with Crippen molar-refractivity contribution < 1.29 is 19.6 Å². The molecule has 0 amide bonds. The molecule has 6 heteroatoms. The summed E-state index contributed by atoms with van der Waals surface area (Å²) in [4.78, 5) is 20.4. The highest BCUT2D eigenvalue weighted by Gasteiger charge is 2.10. The van der Waals surface area contributed by atoms with Gasteiger partial charge in [0.1, 0.15) is 5.75 Å². The number of nitro benzene ring substituents is 1. The van der Waals surface area contributed by atoms with Crippen LogP contribution in [0, 0.1) is 10.1 Å². The number of carboxylic acid groups (broad SMARTS) is 1. The SMILES string of the molecule is C/C=C(\Oc1ccc([N+](=O)[O-])cc1)C(=O)O. The number of carboxylic acids is 1. The summed E-state index contributed by atoms with van der Waals surface area (Å²) in [6.45, 7) is 1.52. The summed E-state index contributed by atoms with van der Waals surface area (Å²) in [6, 6.07) is 5.16. The maximum absolute atomic E-state index is 10.6. The fraction of sp³-hybridized carbons (Fsp3) is 0.100. The molecule has 0 fully saturated rings. The van der Waals surface area contributed by atoms with E-state index < -0.39 is 10.9 Å². The largest absolute Gasteiger partial charge is 0.475 e. The van der Waals surface area contributed by atoms with Gasteiger partial charge < -0.3 is 9.84 Å². The Kier molecular flexibility index (Phi) is 3.60. The highest BCUT2D eigenvalue weighted by Crippen LogP contribution is 2.19. The Morgan fingerprint density at radius 3 is 2.38 bits per heavy atom. The maximum atomic E-state index is 10.6. The normalized spacial score (nSPS) is 10.9. The van der Waals surface area contributed by atoms with E-state index in [4.69, 9.17) is 9.84 Å². The van der Waals surface area contributed by atoms with Crippen molar-refractivity contribution in [2.24, 2.45) is 0 Å². The van der Waals surface area contributed by atoms with Crippen molar-refractivity contribution in [3.05, 3.63) is 46.2 Å². The summed E-state index contributed by atoms with van der Waals surface area (Å²) >= 11 is 0. The summed E-state index contributed by atoms with van der Waals surface area (Å²) in [5.74, 6) is -1.18. The molecule has 0 spiro atoms. The molecule has 0 saturated heterocycles. The minimum Gasteiger partial charge on any atom is -0.475 e. The van der Waals surface area contributed by atoms with Gasteiger partial charge in [0.2, 0.25) is 5.76 Å². The molecule has 0 aliphatic heterocycles. The van der Waals surface area contributed by atoms with E-state index in [9.17, 15) is 14.9 Å². The number of nitrogens with zero attached hydrogens (tertiary/aromatic N) is 1. The molecule has 0 heterocycles. The van der Waals surface area contributed by atoms with Gasteiger partial charge in [0.15, 0.2) is 0 Å². The number of rotatable bonds is 4. The smallest absolute Gasteiger partial charge is 0.371 e. The Morgan fingerprint density at radius 2 is 2.00 bits per heavy atom. The zero-order valence-corrected chi connectivity index (χ0v) is 8.41. The number of nitro groups is 1. The number of hydrogen-bond acceptors (Lipinski definition) is 4. The highest BCUT2D eigenvalue weighted by atomic mass is 16.6. The van der Waals surface area contributed by atoms with Crippen molar-refractivity contribution in [1.82, 2.24) is 0 Å². The van der Waals surface area contributed by atoms with Gasteiger partial charge in [0, 0.05) is 12.1 Å². The Labute approximate surface area is 90.9 Å². The molecule has 1 N–H and O–H groups in total. The topological polar surface area (TPSA) is 89.7 Å². The fourth-order valence-electron chi connectivity index (χ4n) is 0.989. The third-order valence-electron chi connectivity index (χ3n) is 1.75. The van der Waals surface area contributed by atoms with Crippen LogP contribution in [0.3, 0.4) is 0 Å². The third-order valence-corrected chi connectivity index (χ3v) is 1.75. The van der Waals surface area contributed by atoms with E-state index in [1.165, 1.54) is 37.3 Å². The number of allylic oxidation sites excluding steroid dienone is 1. The first-order valence-electron chi connectivity index (χ1n) is 4.36. The molecule has 84 valence electrons. The van der Waals surface area contributed by atoms with Crippen LogP contribution in [0.5, 0.6) is 5.75 Å². The van der Waals surface area contributed by atoms with Crippen LogP contribution < -0.4 is 4.74 Å². The third kappa shape index (κ3) is 2.81. The molecule has 0 unspecified atom stereocenters. The molecule has 1 aromatic carbocycles. The lowest BCUT2D eigenvalue weighted by molar-refractivity contribution is -0.384. The fourth-order valence-corrected chi connectivity index (χ4v) is 0.989. The molecular weight excluding hydrogens is 214 g/mol. The quantitative estimate of drug-likeness (QED) is 0.364. The zero-order valence-electron chi connectivity index (χ0n) is 8.41. The second kappa shape index (κ2) is 4.92. The van der Waals surface area contributed by atoms with Gasteiger partial charge >= 0.3 is 5.97 Å². The van der Waals surface area contributed by atoms with E-state index in [0.717, 1.165) is 0 Å². The predicted molar refractivity (Wildman–Crippen MR) is 55.1 cm³/mol. The van der Waals surface area contributed by atoms with Gasteiger partial charge in [-0.25, -0.2) is 4.79 Å². The second-order valence-electron chi connectivity index (χ2n) is 2.81. The van der Waals surface area contributed by atoms with E-state index in [1.807, 2.05) is 0 Å². The van der Waals surface area contributed by atoms with E-state index in [2.05, 4.69) is 0 Å². The van der Waals surface area contributed by atoms with E-state index in [-0.39, 0.29) is 17.2 Å². The van der Waals surface area contributed by atoms with E-state index in [0.29, 0.717) is 0 Å². The summed E-state index contributed by atoms with van der Waals surface area (Å²) in [5, 5.41) is 19.0. The lowest BCUT2D eigenvalue weighted by Gasteiger charge is -2.04. The Hall–Kier alpha value is -2.37. The minimum atomic E-state index is -1.19. The van der Waals surface area contributed by atoms with Gasteiger partial charge in [-0.05, 0) is 25.1 Å². The van der Waals surface area contributed by atoms with Crippen LogP contribution in [-0.2, 0) is 4.79 Å². The van der Waals surface area contributed by atoms with Gasteiger partial charge in [0.25, 0.3) is 5.69 Å². The first-order valence-corrected chi connectivity index (χ1v) is 4.36. The van der Waals surface area contributed by atoms with Gasteiger partial charge in [-0.15, -0.1) is 0 Å². The summed E-state index contributed by atoms with van der Waals surface area (Å²) in [5.41, 5.74) is -0.0790. The average molecular weight is 223 g/mol. The summed E-state index contributed by atoms with van der Waals surface area (Å²) in [7, 11) is 0. The second-order valence-corrected chi connectivity index (χ2v) is 2.81. The number of hydrogen-bond donors (Lipinski definition) is 1. The molecule has 6 nitrogen and oxygen atoms in total. The molecule has 0 aliphatic rings. The van der Waals surface area contributed by atoms with Crippen molar-refractivity contribution in [2.45, 2.75) is 6.92 Å². The average Bonchev–Trinajstić information content (AvgIpc) is 2.26. The zero-order chi connectivity index (χ0) is 12.1. The predicted octanol–water partition coefficient (Wildman–Crippen LogP) is 1.96. The standard InChI is InChI=1S/C10H9NO5/c1-2-9(10(12)13)16-8-5-3-7(4-6-8)11(14)15/h2-6H,1H3,(H,12,13)/b9-2-. The first-order chi connectivity index (χ1) is 7.54. The summed E-state index contributed by atoms with van der Waals surface area (Å²) < 4.78 is 5.00. The van der Waals surface area contributed by atoms with Crippen LogP contribution in [0.1, 0.15) is 6.92 Å². The first kappa shape index (κ1) is 11.7. The maximum Gasteiger partial charge on any atom is 0.371 e. The van der Waals surface area contributed by atoms with Crippen molar-refractivity contribution in [1.29, 1.82) is 0 Å². The van der Waals surface area contributed by atoms with Crippen LogP contribution in [0.4, 0.5) is 5.69 Å². The lowest BCUT2D eigenvalue weighted by Crippen LogP contribution is -2.07. The number of aliphatic carboxylic acids is 1. The number of ether oxygens (including phenoxy) is 1. The van der Waals surface area contributed by atoms with Crippen LogP contribution in [0.2, 0.25) is 0 Å². The van der Waals surface area contributed by atoms with Crippen molar-refractivity contribution in [3.63, 3.8) is 0 Å². The highest BCUT2D eigenvalue weighted by molar-refractivity contribution is 5.84. The molecule has 0 bridgehead atoms. The molecular formula is C10H9NO5. The van der Waals surface area contributed by atoms with Crippen LogP contribution in [0.15, 0.2) is 36.1 Å². The molecule has 0 aliphatic carbocycles. The molecule has 1 aromatic rings. The number of carbonyl (C=O) groups is 1. The van der Waals surface area contributed by atoms with E-state index in [1.54, 1.807) is 0 Å². The Balaban J connectivity index is 2.83.